The van der Waals surface area contributed by atoms with Crippen LogP contribution in [-0.4, -0.2) is 30.3 Å². The maximum atomic E-state index is 12.1. The number of hydrogen-bond acceptors (Lipinski definition) is 2. The largest absolute Gasteiger partial charge is 0.303 e. The molecule has 2 heteroatoms. The summed E-state index contributed by atoms with van der Waals surface area (Å²) < 4.78 is 0. The smallest absolute Gasteiger partial charge is 0.162 e. The average molecular weight is 321 g/mol. The van der Waals surface area contributed by atoms with E-state index in [4.69, 9.17) is 0 Å². The molecular formula is C22H27NO. The fraction of sp³-hybridized carbons (Fsp3) is 0.409. The molecule has 1 saturated heterocycles. The summed E-state index contributed by atoms with van der Waals surface area (Å²) in [5.74, 6) is 0.978. The Labute approximate surface area is 145 Å². The summed E-state index contributed by atoms with van der Waals surface area (Å²) in [5.41, 5.74) is 2.33. The van der Waals surface area contributed by atoms with Crippen LogP contribution in [0.5, 0.6) is 0 Å². The van der Waals surface area contributed by atoms with E-state index in [1.54, 1.807) is 0 Å². The van der Waals surface area contributed by atoms with Crippen molar-refractivity contribution in [1.82, 2.24) is 4.90 Å². The number of benzene rings is 2. The minimum Gasteiger partial charge on any atom is -0.303 e. The lowest BCUT2D eigenvalue weighted by Crippen LogP contribution is -2.21. The highest BCUT2D eigenvalue weighted by atomic mass is 16.1. The van der Waals surface area contributed by atoms with Crippen molar-refractivity contribution in [3.63, 3.8) is 0 Å². The van der Waals surface area contributed by atoms with Gasteiger partial charge in [0, 0.05) is 18.5 Å². The van der Waals surface area contributed by atoms with Crippen molar-refractivity contribution in [2.75, 3.05) is 19.6 Å². The molecular weight excluding hydrogens is 294 g/mol. The summed E-state index contributed by atoms with van der Waals surface area (Å²) in [4.78, 5) is 14.6. The lowest BCUT2D eigenvalue weighted by Gasteiger charge is -2.16. The quantitative estimate of drug-likeness (QED) is 0.508. The van der Waals surface area contributed by atoms with Crippen molar-refractivity contribution in [2.24, 2.45) is 0 Å². The van der Waals surface area contributed by atoms with Crippen molar-refractivity contribution in [2.45, 2.75) is 38.0 Å². The zero-order chi connectivity index (χ0) is 16.6. The normalized spacial score (nSPS) is 17.9. The van der Waals surface area contributed by atoms with Gasteiger partial charge in [0.15, 0.2) is 5.78 Å². The lowest BCUT2D eigenvalue weighted by atomic mass is 9.99. The van der Waals surface area contributed by atoms with Crippen LogP contribution in [0, 0.1) is 0 Å². The van der Waals surface area contributed by atoms with Gasteiger partial charge in [0.25, 0.3) is 0 Å². The first-order valence-corrected chi connectivity index (χ1v) is 9.18. The Bertz CT molecular complexity index is 623. The molecule has 126 valence electrons. The molecule has 1 aliphatic heterocycles. The highest BCUT2D eigenvalue weighted by molar-refractivity contribution is 5.95. The van der Waals surface area contributed by atoms with Crippen molar-refractivity contribution in [1.29, 1.82) is 0 Å². The maximum Gasteiger partial charge on any atom is 0.162 e. The highest BCUT2D eigenvalue weighted by Gasteiger charge is 2.22. The monoisotopic (exact) mass is 321 g/mol. The van der Waals surface area contributed by atoms with Gasteiger partial charge in [0.2, 0.25) is 0 Å². The molecule has 0 aliphatic carbocycles. The van der Waals surface area contributed by atoms with Gasteiger partial charge in [-0.05, 0) is 43.8 Å². The lowest BCUT2D eigenvalue weighted by molar-refractivity contribution is 0.0979. The molecule has 0 unspecified atom stereocenters. The number of rotatable bonds is 8. The van der Waals surface area contributed by atoms with Gasteiger partial charge >= 0.3 is 0 Å². The van der Waals surface area contributed by atoms with E-state index in [0.29, 0.717) is 12.3 Å². The molecule has 24 heavy (non-hydrogen) atoms. The summed E-state index contributed by atoms with van der Waals surface area (Å²) in [6, 6.07) is 20.5. The van der Waals surface area contributed by atoms with Crippen LogP contribution >= 0.6 is 0 Å². The fourth-order valence-corrected chi connectivity index (χ4v) is 3.60. The molecule has 0 saturated carbocycles. The number of ketones is 1. The topological polar surface area (TPSA) is 20.3 Å². The van der Waals surface area contributed by atoms with Crippen LogP contribution in [0.1, 0.15) is 53.9 Å². The third-order valence-corrected chi connectivity index (χ3v) is 5.02. The molecule has 0 amide bonds. The molecule has 0 aromatic heterocycles. The second-order valence-corrected chi connectivity index (χ2v) is 6.80. The summed E-state index contributed by atoms with van der Waals surface area (Å²) in [6.07, 6.45) is 5.30. The number of unbranched alkanes of at least 4 members (excludes halogenated alkanes) is 2. The first kappa shape index (κ1) is 16.9. The van der Waals surface area contributed by atoms with Gasteiger partial charge in [-0.25, -0.2) is 0 Å². The second-order valence-electron chi connectivity index (χ2n) is 6.80. The minimum atomic E-state index is 0.279. The first-order valence-electron chi connectivity index (χ1n) is 9.18. The zero-order valence-electron chi connectivity index (χ0n) is 14.4. The van der Waals surface area contributed by atoms with Gasteiger partial charge < -0.3 is 4.90 Å². The van der Waals surface area contributed by atoms with Crippen LogP contribution < -0.4 is 0 Å². The molecule has 1 heterocycles. The highest BCUT2D eigenvalue weighted by Crippen LogP contribution is 2.27. The molecule has 1 fully saturated rings. The van der Waals surface area contributed by atoms with Gasteiger partial charge in [-0.15, -0.1) is 0 Å². The van der Waals surface area contributed by atoms with Gasteiger partial charge in [-0.3, -0.25) is 4.79 Å². The van der Waals surface area contributed by atoms with E-state index in [1.807, 2.05) is 30.3 Å². The molecule has 1 atom stereocenters. The van der Waals surface area contributed by atoms with Crippen LogP contribution in [0.4, 0.5) is 0 Å². The molecule has 0 radical (unpaired) electrons. The van der Waals surface area contributed by atoms with E-state index >= 15 is 0 Å². The Morgan fingerprint density at radius 2 is 1.62 bits per heavy atom. The standard InChI is InChI=1S/C22H27NO/c24-22(20-12-6-2-7-13-20)14-8-3-9-16-23-17-15-21(18-23)19-10-4-1-5-11-19/h1-2,4-7,10-13,21H,3,8-9,14-18H2/t21-/m0/s1. The Kier molecular flexibility index (Phi) is 6.20. The molecule has 3 rings (SSSR count). The Morgan fingerprint density at radius 1 is 0.917 bits per heavy atom. The SMILES string of the molecule is O=C(CCCCCN1CC[C@H](c2ccccc2)C1)c1ccccc1. The van der Waals surface area contributed by atoms with Crippen LogP contribution in [0.2, 0.25) is 0 Å². The van der Waals surface area contributed by atoms with E-state index in [0.717, 1.165) is 18.4 Å². The average Bonchev–Trinajstić information content (AvgIpc) is 3.12. The van der Waals surface area contributed by atoms with E-state index in [-0.39, 0.29) is 5.78 Å². The number of nitrogens with zero attached hydrogens (tertiary/aromatic N) is 1. The third kappa shape index (κ3) is 4.78. The maximum absolute atomic E-state index is 12.1. The minimum absolute atomic E-state index is 0.279. The van der Waals surface area contributed by atoms with E-state index in [9.17, 15) is 4.79 Å². The Morgan fingerprint density at radius 3 is 2.38 bits per heavy atom. The molecule has 2 aromatic carbocycles. The predicted molar refractivity (Wildman–Crippen MR) is 99.5 cm³/mol. The Balaban J connectivity index is 1.31. The van der Waals surface area contributed by atoms with Crippen LogP contribution in [0.25, 0.3) is 0 Å². The number of Topliss-reactive ketones (excluding diaryl/α,β-unsaturated/α-hetero) is 1. The van der Waals surface area contributed by atoms with Crippen molar-refractivity contribution in [3.8, 4) is 0 Å². The van der Waals surface area contributed by atoms with Crippen molar-refractivity contribution in [3.05, 3.63) is 71.8 Å². The molecule has 0 spiro atoms. The molecule has 2 aromatic rings. The first-order chi connectivity index (χ1) is 11.8. The summed E-state index contributed by atoms with van der Waals surface area (Å²) in [6.45, 7) is 3.57. The molecule has 0 N–H and O–H groups in total. The number of carbonyl (C=O) groups is 1. The van der Waals surface area contributed by atoms with Gasteiger partial charge in [-0.2, -0.15) is 0 Å². The van der Waals surface area contributed by atoms with Gasteiger partial charge in [0.1, 0.15) is 0 Å². The third-order valence-electron chi connectivity index (χ3n) is 5.02. The van der Waals surface area contributed by atoms with Gasteiger partial charge in [0.05, 0.1) is 0 Å². The van der Waals surface area contributed by atoms with Crippen molar-refractivity contribution < 1.29 is 4.79 Å². The molecule has 0 bridgehead atoms. The fourth-order valence-electron chi connectivity index (χ4n) is 3.60. The molecule has 2 nitrogen and oxygen atoms in total. The van der Waals surface area contributed by atoms with Crippen molar-refractivity contribution >= 4 is 5.78 Å². The van der Waals surface area contributed by atoms with Crippen LogP contribution in [0.3, 0.4) is 0 Å². The summed E-state index contributed by atoms with van der Waals surface area (Å²) >= 11 is 0. The number of carbonyl (C=O) groups excluding carboxylic acids is 1. The Hall–Kier alpha value is -1.93. The second kappa shape index (κ2) is 8.79. The van der Waals surface area contributed by atoms with Crippen LogP contribution in [-0.2, 0) is 0 Å². The number of hydrogen-bond donors (Lipinski definition) is 0. The van der Waals surface area contributed by atoms with E-state index in [1.165, 1.54) is 38.0 Å². The summed E-state index contributed by atoms with van der Waals surface area (Å²) in [7, 11) is 0. The van der Waals surface area contributed by atoms with E-state index in [2.05, 4.69) is 35.2 Å². The van der Waals surface area contributed by atoms with Gasteiger partial charge in [-0.1, -0.05) is 67.1 Å². The zero-order valence-corrected chi connectivity index (χ0v) is 14.4. The predicted octanol–water partition coefficient (Wildman–Crippen LogP) is 4.92. The molecule has 1 aliphatic rings. The van der Waals surface area contributed by atoms with Crippen LogP contribution in [0.15, 0.2) is 60.7 Å². The summed E-state index contributed by atoms with van der Waals surface area (Å²) in [5, 5.41) is 0. The van der Waals surface area contributed by atoms with E-state index < -0.39 is 0 Å². The number of likely N-dealkylation sites (tertiary alicyclic amines) is 1.